The van der Waals surface area contributed by atoms with Gasteiger partial charge in [-0.2, -0.15) is 0 Å². The van der Waals surface area contributed by atoms with E-state index in [0.29, 0.717) is 12.4 Å². The fourth-order valence-electron chi connectivity index (χ4n) is 1.42. The molecule has 1 saturated heterocycles. The van der Waals surface area contributed by atoms with Gasteiger partial charge in [-0.15, -0.1) is 0 Å². The topological polar surface area (TPSA) is 68.3 Å². The third-order valence-electron chi connectivity index (χ3n) is 2.41. The Labute approximate surface area is 98.9 Å². The summed E-state index contributed by atoms with van der Waals surface area (Å²) in [6.07, 6.45) is -0.168. The summed E-state index contributed by atoms with van der Waals surface area (Å²) in [6, 6.07) is 6.73. The zero-order valence-electron chi connectivity index (χ0n) is 9.46. The smallest absolute Gasteiger partial charge is 0.302 e. The second-order valence-electron chi connectivity index (χ2n) is 3.79. The maximum Gasteiger partial charge on any atom is 0.302 e. The summed E-state index contributed by atoms with van der Waals surface area (Å²) >= 11 is 0. The van der Waals surface area contributed by atoms with Gasteiger partial charge in [0.2, 0.25) is 0 Å². The standard InChI is InChI=1S/C12H14O5/c1-8(13)15-6-11-12(17-11)7-16-10-5-3-2-4-9(10)14/h2-5,11-12,14H,6-7H2,1H3. The lowest BCUT2D eigenvalue weighted by atomic mass is 10.3. The van der Waals surface area contributed by atoms with Crippen LogP contribution in [-0.4, -0.2) is 36.5 Å². The lowest BCUT2D eigenvalue weighted by Gasteiger charge is -2.05. The number of carbonyl (C=O) groups excluding carboxylic acids is 1. The zero-order chi connectivity index (χ0) is 12.3. The third kappa shape index (κ3) is 3.35. The number of carbonyl (C=O) groups is 1. The van der Waals surface area contributed by atoms with Crippen molar-refractivity contribution >= 4 is 5.97 Å². The predicted octanol–water partition coefficient (Wildman–Crippen LogP) is 1.10. The van der Waals surface area contributed by atoms with E-state index in [2.05, 4.69) is 0 Å². The van der Waals surface area contributed by atoms with Crippen LogP contribution in [0.2, 0.25) is 0 Å². The van der Waals surface area contributed by atoms with E-state index in [9.17, 15) is 9.90 Å². The van der Waals surface area contributed by atoms with Crippen molar-refractivity contribution in [3.05, 3.63) is 24.3 Å². The second kappa shape index (κ2) is 5.05. The molecule has 2 rings (SSSR count). The number of aromatic hydroxyl groups is 1. The van der Waals surface area contributed by atoms with Crippen LogP contribution in [0.3, 0.4) is 0 Å². The molecule has 1 aromatic rings. The molecule has 0 amide bonds. The molecule has 17 heavy (non-hydrogen) atoms. The summed E-state index contributed by atoms with van der Waals surface area (Å²) in [6.45, 7) is 1.95. The maximum atomic E-state index is 10.6. The summed E-state index contributed by atoms with van der Waals surface area (Å²) in [5.41, 5.74) is 0. The van der Waals surface area contributed by atoms with Crippen molar-refractivity contribution in [1.29, 1.82) is 0 Å². The van der Waals surface area contributed by atoms with Crippen LogP contribution in [0.4, 0.5) is 0 Å². The van der Waals surface area contributed by atoms with Crippen molar-refractivity contribution in [2.24, 2.45) is 0 Å². The Kier molecular flexibility index (Phi) is 3.49. The van der Waals surface area contributed by atoms with E-state index in [1.165, 1.54) is 6.92 Å². The van der Waals surface area contributed by atoms with Gasteiger partial charge in [0.15, 0.2) is 11.5 Å². The third-order valence-corrected chi connectivity index (χ3v) is 2.41. The first-order valence-electron chi connectivity index (χ1n) is 5.36. The molecule has 2 unspecified atom stereocenters. The average molecular weight is 238 g/mol. The predicted molar refractivity (Wildman–Crippen MR) is 58.9 cm³/mol. The van der Waals surface area contributed by atoms with Gasteiger partial charge in [0.1, 0.15) is 25.4 Å². The van der Waals surface area contributed by atoms with Gasteiger partial charge in [-0.3, -0.25) is 4.79 Å². The first-order chi connectivity index (χ1) is 8.16. The van der Waals surface area contributed by atoms with Crippen LogP contribution >= 0.6 is 0 Å². The highest BCUT2D eigenvalue weighted by molar-refractivity contribution is 5.65. The minimum absolute atomic E-state index is 0.0750. The van der Waals surface area contributed by atoms with Crippen LogP contribution in [0.1, 0.15) is 6.92 Å². The van der Waals surface area contributed by atoms with Gasteiger partial charge in [-0.05, 0) is 12.1 Å². The molecular weight excluding hydrogens is 224 g/mol. The molecule has 1 aromatic carbocycles. The number of hydrogen-bond donors (Lipinski definition) is 1. The molecule has 0 bridgehead atoms. The monoisotopic (exact) mass is 238 g/mol. The van der Waals surface area contributed by atoms with Crippen LogP contribution in [-0.2, 0) is 14.3 Å². The molecule has 0 aliphatic carbocycles. The van der Waals surface area contributed by atoms with Crippen molar-refractivity contribution in [3.63, 3.8) is 0 Å². The van der Waals surface area contributed by atoms with E-state index in [1.54, 1.807) is 24.3 Å². The van der Waals surface area contributed by atoms with E-state index < -0.39 is 0 Å². The van der Waals surface area contributed by atoms with Gasteiger partial charge < -0.3 is 19.3 Å². The van der Waals surface area contributed by atoms with Crippen LogP contribution < -0.4 is 4.74 Å². The Morgan fingerprint density at radius 3 is 2.76 bits per heavy atom. The lowest BCUT2D eigenvalue weighted by molar-refractivity contribution is -0.141. The second-order valence-corrected chi connectivity index (χ2v) is 3.79. The van der Waals surface area contributed by atoms with Crippen LogP contribution in [0.15, 0.2) is 24.3 Å². The maximum absolute atomic E-state index is 10.6. The minimum Gasteiger partial charge on any atom is -0.504 e. The molecular formula is C12H14O5. The van der Waals surface area contributed by atoms with Crippen LogP contribution in [0.25, 0.3) is 0 Å². The summed E-state index contributed by atoms with van der Waals surface area (Å²) in [4.78, 5) is 10.6. The molecule has 0 spiro atoms. The quantitative estimate of drug-likeness (QED) is 0.614. The fourth-order valence-corrected chi connectivity index (χ4v) is 1.42. The molecule has 1 fully saturated rings. The molecule has 1 aliphatic rings. The Balaban J connectivity index is 1.71. The van der Waals surface area contributed by atoms with Gasteiger partial charge in [0.25, 0.3) is 0 Å². The Hall–Kier alpha value is -1.75. The first kappa shape index (κ1) is 11.7. The van der Waals surface area contributed by atoms with Crippen molar-refractivity contribution in [1.82, 2.24) is 0 Å². The number of rotatable bonds is 5. The lowest BCUT2D eigenvalue weighted by Crippen LogP contribution is -2.13. The average Bonchev–Trinajstić information content (AvgIpc) is 3.04. The van der Waals surface area contributed by atoms with Gasteiger partial charge in [-0.1, -0.05) is 12.1 Å². The van der Waals surface area contributed by atoms with E-state index in [-0.39, 0.29) is 30.5 Å². The number of phenolic OH excluding ortho intramolecular Hbond substituents is 1. The Bertz CT molecular complexity index is 404. The van der Waals surface area contributed by atoms with Gasteiger partial charge in [0.05, 0.1) is 0 Å². The van der Waals surface area contributed by atoms with Crippen molar-refractivity contribution in [2.45, 2.75) is 19.1 Å². The van der Waals surface area contributed by atoms with Crippen LogP contribution in [0, 0.1) is 0 Å². The molecule has 1 aliphatic heterocycles. The normalized spacial score (nSPS) is 21.9. The fraction of sp³-hybridized carbons (Fsp3) is 0.417. The number of phenols is 1. The number of ether oxygens (including phenoxy) is 3. The molecule has 1 N–H and O–H groups in total. The highest BCUT2D eigenvalue weighted by atomic mass is 16.6. The molecule has 0 radical (unpaired) electrons. The summed E-state index contributed by atoms with van der Waals surface area (Å²) in [7, 11) is 0. The molecule has 2 atom stereocenters. The Morgan fingerprint density at radius 2 is 2.06 bits per heavy atom. The molecule has 5 heteroatoms. The molecule has 0 aromatic heterocycles. The minimum atomic E-state index is -0.319. The van der Waals surface area contributed by atoms with E-state index in [4.69, 9.17) is 14.2 Å². The van der Waals surface area contributed by atoms with Crippen molar-refractivity contribution in [2.75, 3.05) is 13.2 Å². The zero-order valence-corrected chi connectivity index (χ0v) is 9.46. The van der Waals surface area contributed by atoms with E-state index in [1.807, 2.05) is 0 Å². The summed E-state index contributed by atoms with van der Waals surface area (Å²) in [5, 5.41) is 9.45. The molecule has 0 saturated carbocycles. The molecule has 5 nitrogen and oxygen atoms in total. The SMILES string of the molecule is CC(=O)OCC1OC1COc1ccccc1O. The Morgan fingerprint density at radius 1 is 1.35 bits per heavy atom. The molecule has 1 heterocycles. The number of hydrogen-bond acceptors (Lipinski definition) is 5. The van der Waals surface area contributed by atoms with Crippen molar-refractivity contribution < 1.29 is 24.1 Å². The van der Waals surface area contributed by atoms with Gasteiger partial charge >= 0.3 is 5.97 Å². The highest BCUT2D eigenvalue weighted by Crippen LogP contribution is 2.28. The number of para-hydroxylation sites is 2. The summed E-state index contributed by atoms with van der Waals surface area (Å²) < 4.78 is 15.4. The molecule has 92 valence electrons. The number of benzene rings is 1. The van der Waals surface area contributed by atoms with Gasteiger partial charge in [-0.25, -0.2) is 0 Å². The van der Waals surface area contributed by atoms with E-state index in [0.717, 1.165) is 0 Å². The van der Waals surface area contributed by atoms with Crippen molar-refractivity contribution in [3.8, 4) is 11.5 Å². The largest absolute Gasteiger partial charge is 0.504 e. The number of epoxide rings is 1. The highest BCUT2D eigenvalue weighted by Gasteiger charge is 2.40. The first-order valence-corrected chi connectivity index (χ1v) is 5.36. The van der Waals surface area contributed by atoms with Gasteiger partial charge in [0, 0.05) is 6.92 Å². The van der Waals surface area contributed by atoms with E-state index >= 15 is 0 Å². The summed E-state index contributed by atoms with van der Waals surface area (Å²) in [5.74, 6) is 0.208. The van der Waals surface area contributed by atoms with Crippen LogP contribution in [0.5, 0.6) is 11.5 Å². The number of esters is 1.